The quantitative estimate of drug-likeness (QED) is 0.270. The van der Waals surface area contributed by atoms with E-state index >= 15 is 0 Å². The summed E-state index contributed by atoms with van der Waals surface area (Å²) in [4.78, 5) is 63.9. The van der Waals surface area contributed by atoms with Crippen molar-refractivity contribution in [3.63, 3.8) is 0 Å². The van der Waals surface area contributed by atoms with E-state index in [1.807, 2.05) is 0 Å². The number of ketones is 1. The van der Waals surface area contributed by atoms with Gasteiger partial charge < -0.3 is 18.9 Å². The average Bonchev–Trinajstić information content (AvgIpc) is 2.54. The lowest BCUT2D eigenvalue weighted by atomic mass is 10.1. The van der Waals surface area contributed by atoms with Crippen LogP contribution in [0.3, 0.4) is 0 Å². The number of amides is 2. The van der Waals surface area contributed by atoms with Gasteiger partial charge in [0.05, 0.1) is 0 Å². The minimum Gasteiger partial charge on any atom is -0.458 e. The molecule has 2 amide bonds. The van der Waals surface area contributed by atoms with Crippen LogP contribution in [-0.4, -0.2) is 63.3 Å². The van der Waals surface area contributed by atoms with E-state index in [-0.39, 0.29) is 19.3 Å². The third-order valence-electron chi connectivity index (χ3n) is 3.68. The molecular weight excluding hydrogens is 458 g/mol. The van der Waals surface area contributed by atoms with E-state index < -0.39 is 58.4 Å². The van der Waals surface area contributed by atoms with Crippen LogP contribution >= 0.6 is 0 Å². The van der Waals surface area contributed by atoms with Crippen molar-refractivity contribution < 1.29 is 42.9 Å². The summed E-state index contributed by atoms with van der Waals surface area (Å²) in [5.74, 6) is -2.66. The number of hydrogen-bond donors (Lipinski definition) is 0. The maximum Gasteiger partial charge on any atom is 0.420 e. The van der Waals surface area contributed by atoms with Crippen molar-refractivity contribution in [2.45, 2.75) is 131 Å². The van der Waals surface area contributed by atoms with Crippen molar-refractivity contribution in [1.82, 2.24) is 4.90 Å². The second-order valence-corrected chi connectivity index (χ2v) is 12.2. The summed E-state index contributed by atoms with van der Waals surface area (Å²) in [6.45, 7) is 19.5. The molecule has 0 saturated heterocycles. The summed E-state index contributed by atoms with van der Waals surface area (Å²) in [6.07, 6.45) is -2.63. The van der Waals surface area contributed by atoms with E-state index in [0.717, 1.165) is 0 Å². The summed E-state index contributed by atoms with van der Waals surface area (Å²) in [5.41, 5.74) is -3.70. The van der Waals surface area contributed by atoms with Gasteiger partial charge in [-0.1, -0.05) is 0 Å². The van der Waals surface area contributed by atoms with Crippen molar-refractivity contribution in [2.24, 2.45) is 0 Å². The molecule has 1 atom stereocenters. The van der Waals surface area contributed by atoms with E-state index in [4.69, 9.17) is 18.9 Å². The molecule has 202 valence electrons. The zero-order valence-corrected chi connectivity index (χ0v) is 23.3. The minimum atomic E-state index is -1.45. The van der Waals surface area contributed by atoms with E-state index in [1.54, 1.807) is 83.1 Å². The van der Waals surface area contributed by atoms with Gasteiger partial charge in [-0.2, -0.15) is 4.90 Å². The van der Waals surface area contributed by atoms with Gasteiger partial charge in [0, 0.05) is 6.42 Å². The van der Waals surface area contributed by atoms with Gasteiger partial charge in [0.2, 0.25) is 5.78 Å². The normalized spacial score (nSPS) is 13.4. The third kappa shape index (κ3) is 14.4. The minimum absolute atomic E-state index is 0.00984. The van der Waals surface area contributed by atoms with Crippen LogP contribution in [0.5, 0.6) is 0 Å². The first-order valence-electron chi connectivity index (χ1n) is 11.7. The van der Waals surface area contributed by atoms with Crippen LogP contribution in [0.2, 0.25) is 0 Å². The van der Waals surface area contributed by atoms with Crippen LogP contribution in [0.1, 0.15) is 102 Å². The Morgan fingerprint density at radius 3 is 1.31 bits per heavy atom. The van der Waals surface area contributed by atoms with Crippen LogP contribution in [-0.2, 0) is 33.3 Å². The van der Waals surface area contributed by atoms with Crippen LogP contribution in [0.25, 0.3) is 0 Å². The van der Waals surface area contributed by atoms with E-state index in [1.165, 1.54) is 0 Å². The highest BCUT2D eigenvalue weighted by Crippen LogP contribution is 2.22. The lowest BCUT2D eigenvalue weighted by Gasteiger charge is -2.33. The van der Waals surface area contributed by atoms with Crippen molar-refractivity contribution >= 4 is 29.9 Å². The number of esters is 2. The standard InChI is InChI=1S/C25H43NO9/c1-22(2,3)32-18(28)16(14-13-15-17(27)19(29)33-23(4,5)6)26(20(30)34-24(7,8)9)21(31)35-25(10,11)12/h16H,13-15H2,1-12H3/t16-/m0/s1. The molecule has 0 aliphatic rings. The zero-order chi connectivity index (χ0) is 28.0. The number of rotatable bonds is 7. The second kappa shape index (κ2) is 11.9. The smallest absolute Gasteiger partial charge is 0.420 e. The van der Waals surface area contributed by atoms with E-state index in [0.29, 0.717) is 4.90 Å². The van der Waals surface area contributed by atoms with Gasteiger partial charge in [-0.05, 0) is 95.9 Å². The first-order valence-corrected chi connectivity index (χ1v) is 11.7. The molecule has 0 aromatic rings. The molecule has 0 spiro atoms. The molecule has 0 radical (unpaired) electrons. The fourth-order valence-electron chi connectivity index (χ4n) is 2.57. The number of nitrogens with zero attached hydrogens (tertiary/aromatic N) is 1. The van der Waals surface area contributed by atoms with E-state index in [9.17, 15) is 24.0 Å². The summed E-state index contributed by atoms with van der Waals surface area (Å²) < 4.78 is 21.2. The molecule has 0 heterocycles. The van der Waals surface area contributed by atoms with Gasteiger partial charge in [-0.25, -0.2) is 19.2 Å². The number of imide groups is 1. The van der Waals surface area contributed by atoms with Crippen LogP contribution in [0.4, 0.5) is 9.59 Å². The molecule has 0 rings (SSSR count). The maximum atomic E-state index is 13.1. The topological polar surface area (TPSA) is 126 Å². The number of carbonyl (C=O) groups excluding carboxylic acids is 5. The summed E-state index contributed by atoms with van der Waals surface area (Å²) >= 11 is 0. The lowest BCUT2D eigenvalue weighted by Crippen LogP contribution is -2.53. The largest absolute Gasteiger partial charge is 0.458 e. The SMILES string of the molecule is CC(C)(C)OC(=O)C(=O)CCC[C@@H](C(=O)OC(C)(C)C)N(C(=O)OC(C)(C)C)C(=O)OC(C)(C)C. The Balaban J connectivity index is 5.99. The first-order chi connectivity index (χ1) is 15.4. The Morgan fingerprint density at radius 2 is 0.971 bits per heavy atom. The molecule has 0 bridgehead atoms. The molecule has 0 N–H and O–H groups in total. The Morgan fingerprint density at radius 1 is 0.600 bits per heavy atom. The fourth-order valence-corrected chi connectivity index (χ4v) is 2.57. The van der Waals surface area contributed by atoms with Gasteiger partial charge in [0.1, 0.15) is 28.4 Å². The third-order valence-corrected chi connectivity index (χ3v) is 3.68. The Hall–Kier alpha value is -2.65. The highest BCUT2D eigenvalue weighted by Gasteiger charge is 2.42. The molecular formula is C25H43NO9. The molecule has 0 unspecified atom stereocenters. The Kier molecular flexibility index (Phi) is 11.0. The van der Waals surface area contributed by atoms with E-state index in [2.05, 4.69) is 0 Å². The molecule has 35 heavy (non-hydrogen) atoms. The molecule has 0 aliphatic carbocycles. The summed E-state index contributed by atoms with van der Waals surface area (Å²) in [5, 5.41) is 0. The highest BCUT2D eigenvalue weighted by molar-refractivity contribution is 6.33. The van der Waals surface area contributed by atoms with Crippen LogP contribution in [0.15, 0.2) is 0 Å². The summed E-state index contributed by atoms with van der Waals surface area (Å²) in [7, 11) is 0. The van der Waals surface area contributed by atoms with Gasteiger partial charge in [-0.3, -0.25) is 4.79 Å². The monoisotopic (exact) mass is 501 g/mol. The van der Waals surface area contributed by atoms with Gasteiger partial charge >= 0.3 is 24.1 Å². The molecule has 0 aromatic heterocycles. The highest BCUT2D eigenvalue weighted by atomic mass is 16.6. The Labute approximate surface area is 209 Å². The molecule has 10 heteroatoms. The number of hydrogen-bond acceptors (Lipinski definition) is 9. The molecule has 0 aromatic carbocycles. The predicted molar refractivity (Wildman–Crippen MR) is 129 cm³/mol. The summed E-state index contributed by atoms with van der Waals surface area (Å²) in [6, 6.07) is -1.45. The predicted octanol–water partition coefficient (Wildman–Crippen LogP) is 4.95. The van der Waals surface area contributed by atoms with Gasteiger partial charge in [-0.15, -0.1) is 0 Å². The van der Waals surface area contributed by atoms with Crippen LogP contribution in [0, 0.1) is 0 Å². The Bertz CT molecular complexity index is 762. The average molecular weight is 502 g/mol. The lowest BCUT2D eigenvalue weighted by molar-refractivity contribution is -0.162. The van der Waals surface area contributed by atoms with Gasteiger partial charge in [0.25, 0.3) is 0 Å². The maximum absolute atomic E-state index is 13.1. The van der Waals surface area contributed by atoms with Crippen molar-refractivity contribution in [3.05, 3.63) is 0 Å². The molecule has 0 saturated carbocycles. The molecule has 10 nitrogen and oxygen atoms in total. The number of carbonyl (C=O) groups is 5. The first kappa shape index (κ1) is 32.4. The van der Waals surface area contributed by atoms with Crippen LogP contribution < -0.4 is 0 Å². The second-order valence-electron chi connectivity index (χ2n) is 12.2. The molecule has 0 fully saturated rings. The van der Waals surface area contributed by atoms with Gasteiger partial charge in [0.15, 0.2) is 0 Å². The van der Waals surface area contributed by atoms with Crippen molar-refractivity contribution in [1.29, 1.82) is 0 Å². The number of ether oxygens (including phenoxy) is 4. The zero-order valence-electron chi connectivity index (χ0n) is 23.3. The fraction of sp³-hybridized carbons (Fsp3) is 0.800. The number of Topliss-reactive ketones (excluding diaryl/α,β-unsaturated/α-hetero) is 1. The van der Waals surface area contributed by atoms with Crippen molar-refractivity contribution in [2.75, 3.05) is 0 Å². The van der Waals surface area contributed by atoms with Crippen molar-refractivity contribution in [3.8, 4) is 0 Å². The molecule has 0 aliphatic heterocycles.